The molecule has 0 bridgehead atoms. The zero-order valence-electron chi connectivity index (χ0n) is 12.5. The van der Waals surface area contributed by atoms with Gasteiger partial charge in [-0.25, -0.2) is 9.78 Å². The van der Waals surface area contributed by atoms with Gasteiger partial charge in [-0.15, -0.1) is 0 Å². The highest BCUT2D eigenvalue weighted by atomic mass is 16.5. The fourth-order valence-corrected chi connectivity index (χ4v) is 2.40. The second-order valence-electron chi connectivity index (χ2n) is 5.49. The van der Waals surface area contributed by atoms with E-state index in [2.05, 4.69) is 4.98 Å². The van der Waals surface area contributed by atoms with Crippen molar-refractivity contribution in [2.75, 3.05) is 5.48 Å². The van der Waals surface area contributed by atoms with Crippen LogP contribution < -0.4 is 10.9 Å². The van der Waals surface area contributed by atoms with E-state index in [0.717, 1.165) is 5.56 Å². The predicted octanol–water partition coefficient (Wildman–Crippen LogP) is 2.96. The summed E-state index contributed by atoms with van der Waals surface area (Å²) in [5.74, 6) is -1.36. The van der Waals surface area contributed by atoms with E-state index in [0.29, 0.717) is 11.0 Å². The monoisotopic (exact) mass is 314 g/mol. The molecule has 1 aromatic carbocycles. The zero-order chi connectivity index (χ0) is 16.7. The number of anilines is 1. The lowest BCUT2D eigenvalue weighted by molar-refractivity contribution is 0.0696. The Labute approximate surface area is 130 Å². The number of aromatic carboxylic acids is 1. The molecule has 2 aromatic heterocycles. The third-order valence-corrected chi connectivity index (χ3v) is 3.67. The Balaban J connectivity index is 2.41. The average Bonchev–Trinajstić information content (AvgIpc) is 2.53. The van der Waals surface area contributed by atoms with E-state index >= 15 is 0 Å². The average molecular weight is 314 g/mol. The number of carboxylic acids is 1. The molecule has 3 rings (SSSR count). The number of nitrogens with one attached hydrogen (secondary N) is 1. The van der Waals surface area contributed by atoms with Crippen LogP contribution in [0.25, 0.3) is 22.1 Å². The lowest BCUT2D eigenvalue weighted by Crippen LogP contribution is -2.10. The van der Waals surface area contributed by atoms with E-state index in [4.69, 9.17) is 14.7 Å². The van der Waals surface area contributed by atoms with Gasteiger partial charge in [0.1, 0.15) is 11.1 Å². The van der Waals surface area contributed by atoms with E-state index in [1.807, 2.05) is 19.9 Å². The Kier molecular flexibility index (Phi) is 3.49. The summed E-state index contributed by atoms with van der Waals surface area (Å²) >= 11 is 0. The van der Waals surface area contributed by atoms with E-state index in [9.17, 15) is 9.59 Å². The normalized spacial score (nSPS) is 11.3. The number of aromatic nitrogens is 1. The van der Waals surface area contributed by atoms with Crippen LogP contribution in [0.2, 0.25) is 0 Å². The number of benzene rings is 1. The molecule has 7 nitrogen and oxygen atoms in total. The molecule has 23 heavy (non-hydrogen) atoms. The van der Waals surface area contributed by atoms with Crippen LogP contribution in [0.1, 0.15) is 35.7 Å². The summed E-state index contributed by atoms with van der Waals surface area (Å²) in [5, 5.41) is 18.5. The number of carboxylic acid groups (broad SMARTS) is 1. The first-order valence-corrected chi connectivity index (χ1v) is 6.97. The molecule has 0 fully saturated rings. The Bertz CT molecular complexity index is 991. The van der Waals surface area contributed by atoms with Crippen LogP contribution in [-0.2, 0) is 0 Å². The van der Waals surface area contributed by atoms with Crippen LogP contribution in [0.3, 0.4) is 0 Å². The number of hydrogen-bond donors (Lipinski definition) is 3. The van der Waals surface area contributed by atoms with Gasteiger partial charge >= 0.3 is 5.97 Å². The molecule has 3 N–H and O–H groups in total. The second-order valence-corrected chi connectivity index (χ2v) is 5.49. The van der Waals surface area contributed by atoms with Gasteiger partial charge in [0.2, 0.25) is 5.43 Å². The second kappa shape index (κ2) is 5.36. The van der Waals surface area contributed by atoms with Crippen LogP contribution >= 0.6 is 0 Å². The standard InChI is InChI=1S/C16H14N2O5/c1-7(2)8-3-4-11-9(5-8)14(19)13-12(23-11)6-10(16(20)21)15(17-13)18-22/h3-7,22H,1-2H3,(H,17,18)(H,20,21). The van der Waals surface area contributed by atoms with Gasteiger partial charge in [-0.2, -0.15) is 0 Å². The fraction of sp³-hybridized carbons (Fsp3) is 0.188. The van der Waals surface area contributed by atoms with Gasteiger partial charge in [0.15, 0.2) is 16.9 Å². The van der Waals surface area contributed by atoms with Crippen molar-refractivity contribution in [2.45, 2.75) is 19.8 Å². The molecular weight excluding hydrogens is 300 g/mol. The number of nitrogens with zero attached hydrogens (tertiary/aromatic N) is 1. The predicted molar refractivity (Wildman–Crippen MR) is 84.2 cm³/mol. The molecule has 0 radical (unpaired) electrons. The molecule has 7 heteroatoms. The molecule has 3 aromatic rings. The number of pyridine rings is 1. The number of hydrogen-bond acceptors (Lipinski definition) is 6. The minimum Gasteiger partial charge on any atom is -0.478 e. The highest BCUT2D eigenvalue weighted by molar-refractivity contribution is 5.98. The molecule has 0 aliphatic heterocycles. The van der Waals surface area contributed by atoms with Crippen LogP contribution in [-0.4, -0.2) is 21.3 Å². The van der Waals surface area contributed by atoms with Crippen LogP contribution in [0.5, 0.6) is 0 Å². The quantitative estimate of drug-likeness (QED) is 0.503. The molecule has 0 atom stereocenters. The summed E-state index contributed by atoms with van der Waals surface area (Å²) in [7, 11) is 0. The number of rotatable bonds is 3. The van der Waals surface area contributed by atoms with Crippen LogP contribution in [0.4, 0.5) is 5.82 Å². The Morgan fingerprint density at radius 2 is 2.00 bits per heavy atom. The first kappa shape index (κ1) is 15.0. The van der Waals surface area contributed by atoms with Gasteiger partial charge in [0.05, 0.1) is 5.39 Å². The topological polar surface area (TPSA) is 113 Å². The minimum absolute atomic E-state index is 0.0417. The molecule has 0 aliphatic carbocycles. The highest BCUT2D eigenvalue weighted by Crippen LogP contribution is 2.24. The smallest absolute Gasteiger partial charge is 0.339 e. The Morgan fingerprint density at radius 1 is 1.26 bits per heavy atom. The molecule has 0 saturated carbocycles. The Hall–Kier alpha value is -2.93. The Morgan fingerprint density at radius 3 is 2.61 bits per heavy atom. The van der Waals surface area contributed by atoms with Crippen molar-refractivity contribution >= 4 is 33.9 Å². The highest BCUT2D eigenvalue weighted by Gasteiger charge is 2.17. The van der Waals surface area contributed by atoms with E-state index in [-0.39, 0.29) is 33.8 Å². The summed E-state index contributed by atoms with van der Waals surface area (Å²) in [6, 6.07) is 6.45. The van der Waals surface area contributed by atoms with Crippen molar-refractivity contribution in [2.24, 2.45) is 0 Å². The van der Waals surface area contributed by atoms with Crippen molar-refractivity contribution < 1.29 is 19.5 Å². The lowest BCUT2D eigenvalue weighted by atomic mass is 10.0. The van der Waals surface area contributed by atoms with Gasteiger partial charge < -0.3 is 9.52 Å². The summed E-state index contributed by atoms with van der Waals surface area (Å²) in [5.41, 5.74) is 2.38. The molecule has 0 unspecified atom stereocenters. The largest absolute Gasteiger partial charge is 0.478 e. The van der Waals surface area contributed by atoms with Crippen LogP contribution in [0, 0.1) is 0 Å². The number of carbonyl (C=O) groups is 1. The summed E-state index contributed by atoms with van der Waals surface area (Å²) < 4.78 is 5.62. The third kappa shape index (κ3) is 2.40. The molecule has 2 heterocycles. The SMILES string of the molecule is CC(C)c1ccc2oc3cc(C(=O)O)c(NO)nc3c(=O)c2c1. The van der Waals surface area contributed by atoms with E-state index < -0.39 is 5.97 Å². The first-order chi connectivity index (χ1) is 10.9. The first-order valence-electron chi connectivity index (χ1n) is 6.97. The molecule has 0 aliphatic rings. The maximum Gasteiger partial charge on any atom is 0.339 e. The molecule has 0 amide bonds. The van der Waals surface area contributed by atoms with Gasteiger partial charge in [-0.3, -0.25) is 15.5 Å². The van der Waals surface area contributed by atoms with Crippen LogP contribution in [0.15, 0.2) is 33.5 Å². The van der Waals surface area contributed by atoms with Gasteiger partial charge in [0, 0.05) is 6.07 Å². The summed E-state index contributed by atoms with van der Waals surface area (Å²) in [6.07, 6.45) is 0. The van der Waals surface area contributed by atoms with Gasteiger partial charge in [-0.05, 0) is 23.6 Å². The molecule has 118 valence electrons. The van der Waals surface area contributed by atoms with E-state index in [1.165, 1.54) is 6.07 Å². The minimum atomic E-state index is -1.30. The summed E-state index contributed by atoms with van der Waals surface area (Å²) in [4.78, 5) is 27.7. The number of fused-ring (bicyclic) bond motifs is 2. The zero-order valence-corrected chi connectivity index (χ0v) is 12.5. The maximum absolute atomic E-state index is 12.6. The molecule has 0 spiro atoms. The van der Waals surface area contributed by atoms with Crippen molar-refractivity contribution in [1.82, 2.24) is 4.98 Å². The van der Waals surface area contributed by atoms with Crippen molar-refractivity contribution in [3.8, 4) is 0 Å². The van der Waals surface area contributed by atoms with Gasteiger partial charge in [0.25, 0.3) is 0 Å². The van der Waals surface area contributed by atoms with Gasteiger partial charge in [-0.1, -0.05) is 19.9 Å². The summed E-state index contributed by atoms with van der Waals surface area (Å²) in [6.45, 7) is 4.02. The molecule has 0 saturated heterocycles. The van der Waals surface area contributed by atoms with Crippen molar-refractivity contribution in [3.05, 3.63) is 45.6 Å². The van der Waals surface area contributed by atoms with E-state index in [1.54, 1.807) is 17.6 Å². The maximum atomic E-state index is 12.6. The lowest BCUT2D eigenvalue weighted by Gasteiger charge is -2.08. The van der Waals surface area contributed by atoms with Crippen molar-refractivity contribution in [1.29, 1.82) is 0 Å². The molecular formula is C16H14N2O5. The van der Waals surface area contributed by atoms with Crippen molar-refractivity contribution in [3.63, 3.8) is 0 Å². The third-order valence-electron chi connectivity index (χ3n) is 3.67. The fourth-order valence-electron chi connectivity index (χ4n) is 2.40.